The van der Waals surface area contributed by atoms with Gasteiger partial charge in [-0.05, 0) is 0 Å². The van der Waals surface area contributed by atoms with Crippen LogP contribution in [0.2, 0.25) is 9.45 Å². The fourth-order valence-corrected chi connectivity index (χ4v) is 21.8. The van der Waals surface area contributed by atoms with Crippen LogP contribution in [0.15, 0.2) is 157 Å². The van der Waals surface area contributed by atoms with Gasteiger partial charge < -0.3 is 24.8 Å². The maximum Gasteiger partial charge on any atom is -1.00 e. The van der Waals surface area contributed by atoms with E-state index in [1.54, 1.807) is 22.3 Å². The molecule has 0 radical (unpaired) electrons. The van der Waals surface area contributed by atoms with Gasteiger partial charge in [-0.1, -0.05) is 0 Å². The molecular weight excluding hydrogens is 779 g/mol. The van der Waals surface area contributed by atoms with E-state index < -0.39 is 16.6 Å². The van der Waals surface area contributed by atoms with Crippen LogP contribution in [0.5, 0.6) is 0 Å². The monoisotopic (exact) mass is 826 g/mol. The van der Waals surface area contributed by atoms with E-state index >= 15 is 0 Å². The van der Waals surface area contributed by atoms with Crippen molar-refractivity contribution in [3.8, 4) is 22.3 Å². The van der Waals surface area contributed by atoms with Gasteiger partial charge in [-0.25, -0.2) is 0 Å². The second kappa shape index (κ2) is 15.0. The van der Waals surface area contributed by atoms with Gasteiger partial charge in [0.05, 0.1) is 0 Å². The molecule has 58 heavy (non-hydrogen) atoms. The number of fused-ring (bicyclic) bond motifs is 6. The molecule has 11 rings (SSSR count). The van der Waals surface area contributed by atoms with Crippen molar-refractivity contribution in [1.29, 1.82) is 0 Å². The van der Waals surface area contributed by atoms with E-state index in [4.69, 9.17) is 0 Å². The molecule has 0 saturated carbocycles. The summed E-state index contributed by atoms with van der Waals surface area (Å²) in [6.07, 6.45) is 6.75. The molecule has 0 aromatic heterocycles. The summed E-state index contributed by atoms with van der Waals surface area (Å²) < 4.78 is 3.98. The van der Waals surface area contributed by atoms with Crippen molar-refractivity contribution in [2.24, 2.45) is 11.8 Å². The van der Waals surface area contributed by atoms with E-state index in [9.17, 15) is 0 Å². The fourth-order valence-electron chi connectivity index (χ4n) is 11.5. The molecule has 2 unspecified atom stereocenters. The second-order valence-electron chi connectivity index (χ2n) is 17.6. The predicted molar refractivity (Wildman–Crippen MR) is 239 cm³/mol. The average molecular weight is 828 g/mol. The molecule has 3 heteroatoms. The van der Waals surface area contributed by atoms with E-state index in [0.29, 0.717) is 20.3 Å². The zero-order valence-corrected chi connectivity index (χ0v) is 36.8. The quantitative estimate of drug-likeness (QED) is 0.116. The minimum absolute atomic E-state index is 0. The normalized spacial score (nSPS) is 17.3. The first kappa shape index (κ1) is 39.1. The van der Waals surface area contributed by atoms with Crippen LogP contribution in [0.4, 0.5) is 0 Å². The fraction of sp³-hybridized carbons (Fsp3) is 0.200. The summed E-state index contributed by atoms with van der Waals surface area (Å²) in [7, 11) is 0. The number of hydrogen-bond donors (Lipinski definition) is 0. The third kappa shape index (κ3) is 5.74. The van der Waals surface area contributed by atoms with E-state index in [-0.39, 0.29) is 24.8 Å². The molecule has 2 atom stereocenters. The maximum atomic E-state index is 2.69. The number of rotatable bonds is 6. The van der Waals surface area contributed by atoms with Crippen molar-refractivity contribution in [3.63, 3.8) is 0 Å². The Morgan fingerprint density at radius 1 is 0.431 bits per heavy atom. The molecule has 1 fully saturated rings. The Morgan fingerprint density at radius 3 is 1.09 bits per heavy atom. The van der Waals surface area contributed by atoms with E-state index in [1.807, 2.05) is 0 Å². The molecule has 2 aliphatic carbocycles. The van der Waals surface area contributed by atoms with Crippen LogP contribution in [0.1, 0.15) is 64.8 Å². The third-order valence-electron chi connectivity index (χ3n) is 14.0. The zero-order chi connectivity index (χ0) is 37.7. The molecule has 1 heterocycles. The summed E-state index contributed by atoms with van der Waals surface area (Å²) in [5, 5.41) is 10.7. The Balaban J connectivity index is 0.00000218. The molecule has 3 aliphatic rings. The Bertz CT molecular complexity index is 2670. The summed E-state index contributed by atoms with van der Waals surface area (Å²) in [5.74, 6) is 0.988. The molecule has 0 bridgehead atoms. The smallest absolute Gasteiger partial charge is 1.00 e. The van der Waals surface area contributed by atoms with Crippen LogP contribution in [0.25, 0.3) is 77.5 Å². The Labute approximate surface area is 359 Å². The Kier molecular flexibility index (Phi) is 10.1. The zero-order valence-electron chi connectivity index (χ0n) is 33.7. The van der Waals surface area contributed by atoms with Gasteiger partial charge in [-0.2, -0.15) is 0 Å². The first-order chi connectivity index (χ1) is 27.4. The molecular formula is C55H48Cl2Ti. The Morgan fingerprint density at radius 2 is 0.776 bits per heavy atom. The minimum Gasteiger partial charge on any atom is -1.00 e. The number of hydrogen-bond acceptors (Lipinski definition) is 0. The van der Waals surface area contributed by atoms with Gasteiger partial charge in [0.25, 0.3) is 0 Å². The molecule has 1 saturated heterocycles. The molecule has 0 amide bonds. The standard InChI is InChI=1S/2C26H21.C3H6.2ClH.Ti/c2*1-17(2)21-15-20-10-7-13-24(25(20)16-21)26-22-11-5-3-8-18(22)14-19-9-4-6-12-23(19)26;1-3-2;;;/h2*3-17H,1-2H3;1-3H2;2*1H;/q;;;;;+2/p-2. The van der Waals surface area contributed by atoms with Crippen molar-refractivity contribution >= 4 is 55.2 Å². The predicted octanol–water partition coefficient (Wildman–Crippen LogP) is 9.92. The van der Waals surface area contributed by atoms with Crippen molar-refractivity contribution in [2.75, 3.05) is 0 Å². The largest absolute Gasteiger partial charge is 1.00 e. The molecule has 8 aromatic carbocycles. The molecule has 0 nitrogen and oxygen atoms in total. The van der Waals surface area contributed by atoms with Gasteiger partial charge in [0.2, 0.25) is 0 Å². The Hall–Kier alpha value is -4.43. The van der Waals surface area contributed by atoms with Crippen LogP contribution in [-0.2, 0) is 16.6 Å². The number of halogens is 2. The van der Waals surface area contributed by atoms with Gasteiger partial charge in [-0.15, -0.1) is 0 Å². The summed E-state index contributed by atoms with van der Waals surface area (Å²) in [4.78, 5) is 0. The first-order valence-electron chi connectivity index (χ1n) is 20.9. The van der Waals surface area contributed by atoms with Crippen LogP contribution in [-0.4, -0.2) is 0 Å². The molecule has 1 aliphatic heterocycles. The average Bonchev–Trinajstić information content (AvgIpc) is 3.80. The van der Waals surface area contributed by atoms with Crippen LogP contribution in [0, 0.1) is 11.8 Å². The molecule has 8 aromatic rings. The molecule has 286 valence electrons. The van der Waals surface area contributed by atoms with Crippen molar-refractivity contribution in [3.05, 3.63) is 179 Å². The van der Waals surface area contributed by atoms with Crippen molar-refractivity contribution < 1.29 is 41.4 Å². The maximum absolute atomic E-state index is 2.78. The third-order valence-corrected chi connectivity index (χ3v) is 23.7. The van der Waals surface area contributed by atoms with Crippen LogP contribution < -0.4 is 24.8 Å². The summed E-state index contributed by atoms with van der Waals surface area (Å²) >= 11 is -2.78. The molecule has 0 N–H and O–H groups in total. The van der Waals surface area contributed by atoms with Gasteiger partial charge in [0, 0.05) is 0 Å². The van der Waals surface area contributed by atoms with E-state index in [2.05, 4.69) is 185 Å². The van der Waals surface area contributed by atoms with Crippen molar-refractivity contribution in [2.45, 2.75) is 52.0 Å². The molecule has 0 spiro atoms. The van der Waals surface area contributed by atoms with Crippen molar-refractivity contribution in [1.82, 2.24) is 0 Å². The van der Waals surface area contributed by atoms with Gasteiger partial charge in [-0.3, -0.25) is 0 Å². The second-order valence-corrected chi connectivity index (χ2v) is 24.8. The van der Waals surface area contributed by atoms with Crippen LogP contribution in [0.3, 0.4) is 0 Å². The van der Waals surface area contributed by atoms with Gasteiger partial charge >= 0.3 is 337 Å². The SMILES string of the molecule is CC(C)C1=Cc2c(-c3c4ccccc4cc4ccccc34)cccc2[CH]1[Ti+2]1([CH]2C(C(C)C)=Cc3c(-c4c5ccccc5cc5ccccc45)cccc32)[CH2]C[CH2]1.[Cl-].[Cl-]. The van der Waals surface area contributed by atoms with Crippen LogP contribution >= 0.6 is 0 Å². The summed E-state index contributed by atoms with van der Waals surface area (Å²) in [6, 6.07) is 55.6. The van der Waals surface area contributed by atoms with E-state index in [1.165, 1.54) is 92.3 Å². The first-order valence-corrected chi connectivity index (χ1v) is 24.9. The number of benzene rings is 8. The summed E-state index contributed by atoms with van der Waals surface area (Å²) in [5.41, 5.74) is 15.2. The minimum atomic E-state index is -2.78. The van der Waals surface area contributed by atoms with Gasteiger partial charge in [0.15, 0.2) is 0 Å². The summed E-state index contributed by atoms with van der Waals surface area (Å²) in [6.45, 7) is 9.88. The number of allylic oxidation sites excluding steroid dienone is 2. The van der Waals surface area contributed by atoms with Gasteiger partial charge in [0.1, 0.15) is 0 Å². The van der Waals surface area contributed by atoms with E-state index in [0.717, 1.165) is 0 Å². The topological polar surface area (TPSA) is 0 Å².